The first-order valence-corrected chi connectivity index (χ1v) is 11.4. The number of carbonyl (C=O) groups is 1. The third-order valence-corrected chi connectivity index (χ3v) is 5.58. The summed E-state index contributed by atoms with van der Waals surface area (Å²) in [6.07, 6.45) is 1.55. The van der Waals surface area contributed by atoms with Gasteiger partial charge in [-0.05, 0) is 61.9 Å². The van der Waals surface area contributed by atoms with Crippen LogP contribution in [0.3, 0.4) is 0 Å². The normalized spacial score (nSPS) is 11.0. The minimum absolute atomic E-state index is 0.155. The summed E-state index contributed by atoms with van der Waals surface area (Å²) >= 11 is 7.26. The number of rotatable bonds is 10. The first-order chi connectivity index (χ1) is 15.5. The molecule has 0 unspecified atom stereocenters. The molecule has 2 aromatic carbocycles. The number of carbonyl (C=O) groups excluding carboxylic acids is 1. The van der Waals surface area contributed by atoms with Crippen LogP contribution in [0.25, 0.3) is 11.4 Å². The van der Waals surface area contributed by atoms with Crippen molar-refractivity contribution in [1.29, 1.82) is 0 Å². The lowest BCUT2D eigenvalue weighted by molar-refractivity contribution is -0.118. The molecular formula is C22H24ClN5O3S. The highest BCUT2D eigenvalue weighted by Crippen LogP contribution is 2.27. The molecule has 0 aliphatic heterocycles. The number of ether oxygens (including phenoxy) is 2. The van der Waals surface area contributed by atoms with Crippen molar-refractivity contribution in [3.63, 3.8) is 0 Å². The van der Waals surface area contributed by atoms with Gasteiger partial charge in [0.05, 0.1) is 25.7 Å². The molecule has 3 aromatic rings. The van der Waals surface area contributed by atoms with Crippen LogP contribution in [0.4, 0.5) is 0 Å². The lowest BCUT2D eigenvalue weighted by Crippen LogP contribution is -2.20. The molecule has 1 N–H and O–H groups in total. The molecular weight excluding hydrogens is 450 g/mol. The third kappa shape index (κ3) is 6.02. The molecule has 1 aromatic heterocycles. The molecule has 0 spiro atoms. The van der Waals surface area contributed by atoms with Gasteiger partial charge in [0.15, 0.2) is 22.5 Å². The second-order valence-corrected chi connectivity index (χ2v) is 7.86. The smallest absolute Gasteiger partial charge is 0.250 e. The Morgan fingerprint density at radius 2 is 1.97 bits per heavy atom. The lowest BCUT2D eigenvalue weighted by Gasteiger charge is -2.09. The molecule has 1 heterocycles. The van der Waals surface area contributed by atoms with Crippen LogP contribution in [-0.2, 0) is 11.3 Å². The van der Waals surface area contributed by atoms with Crippen LogP contribution in [0.2, 0.25) is 5.02 Å². The number of hydrazone groups is 1. The second kappa shape index (κ2) is 11.5. The predicted molar refractivity (Wildman–Crippen MR) is 127 cm³/mol. The van der Waals surface area contributed by atoms with Gasteiger partial charge in [0, 0.05) is 17.1 Å². The zero-order valence-electron chi connectivity index (χ0n) is 18.0. The number of nitrogens with zero attached hydrogens (tertiary/aromatic N) is 4. The van der Waals surface area contributed by atoms with Crippen LogP contribution in [0.1, 0.15) is 19.4 Å². The topological polar surface area (TPSA) is 90.6 Å². The van der Waals surface area contributed by atoms with Crippen molar-refractivity contribution in [1.82, 2.24) is 20.2 Å². The molecule has 0 fully saturated rings. The van der Waals surface area contributed by atoms with Gasteiger partial charge in [-0.15, -0.1) is 10.2 Å². The number of amides is 1. The first-order valence-electron chi connectivity index (χ1n) is 10.00. The van der Waals surface area contributed by atoms with Crippen LogP contribution in [0, 0.1) is 0 Å². The van der Waals surface area contributed by atoms with Gasteiger partial charge < -0.3 is 14.0 Å². The molecule has 0 radical (unpaired) electrons. The van der Waals surface area contributed by atoms with Crippen LogP contribution in [0.15, 0.2) is 52.7 Å². The van der Waals surface area contributed by atoms with Gasteiger partial charge >= 0.3 is 0 Å². The molecule has 0 atom stereocenters. The highest BCUT2D eigenvalue weighted by molar-refractivity contribution is 7.99. The van der Waals surface area contributed by atoms with Gasteiger partial charge in [0.1, 0.15) is 0 Å². The number of thioether (sulfide) groups is 1. The summed E-state index contributed by atoms with van der Waals surface area (Å²) in [7, 11) is 1.57. The first kappa shape index (κ1) is 23.6. The van der Waals surface area contributed by atoms with Crippen molar-refractivity contribution in [2.24, 2.45) is 5.10 Å². The van der Waals surface area contributed by atoms with Gasteiger partial charge in [-0.1, -0.05) is 23.4 Å². The Bertz CT molecular complexity index is 1090. The monoisotopic (exact) mass is 473 g/mol. The Labute approximate surface area is 196 Å². The summed E-state index contributed by atoms with van der Waals surface area (Å²) in [6, 6.07) is 12.8. The van der Waals surface area contributed by atoms with E-state index in [0.717, 1.165) is 17.0 Å². The number of methoxy groups -OCH3 is 1. The fraction of sp³-hybridized carbons (Fsp3) is 0.273. The highest BCUT2D eigenvalue weighted by atomic mass is 35.5. The van der Waals surface area contributed by atoms with Crippen molar-refractivity contribution in [3.8, 4) is 22.9 Å². The molecule has 0 aliphatic rings. The molecule has 0 saturated carbocycles. The fourth-order valence-electron chi connectivity index (χ4n) is 2.87. The molecule has 1 amide bonds. The Kier molecular flexibility index (Phi) is 8.52. The number of hydrogen-bond acceptors (Lipinski definition) is 7. The summed E-state index contributed by atoms with van der Waals surface area (Å²) < 4.78 is 12.8. The fourth-order valence-corrected chi connectivity index (χ4v) is 3.79. The van der Waals surface area contributed by atoms with Crippen molar-refractivity contribution < 1.29 is 14.3 Å². The maximum absolute atomic E-state index is 12.2. The molecule has 3 rings (SSSR count). The number of aromatic nitrogens is 3. The van der Waals surface area contributed by atoms with E-state index < -0.39 is 0 Å². The molecule has 168 valence electrons. The Morgan fingerprint density at radius 3 is 2.66 bits per heavy atom. The number of nitrogens with one attached hydrogen (secondary N) is 1. The van der Waals surface area contributed by atoms with E-state index >= 15 is 0 Å². The third-order valence-electron chi connectivity index (χ3n) is 4.36. The van der Waals surface area contributed by atoms with Crippen LogP contribution >= 0.6 is 23.4 Å². The minimum Gasteiger partial charge on any atom is -0.493 e. The zero-order chi connectivity index (χ0) is 22.9. The van der Waals surface area contributed by atoms with E-state index in [-0.39, 0.29) is 11.7 Å². The predicted octanol–water partition coefficient (Wildman–Crippen LogP) is 4.27. The van der Waals surface area contributed by atoms with E-state index in [1.165, 1.54) is 11.8 Å². The van der Waals surface area contributed by atoms with E-state index in [4.69, 9.17) is 21.1 Å². The second-order valence-electron chi connectivity index (χ2n) is 6.48. The summed E-state index contributed by atoms with van der Waals surface area (Å²) in [5, 5.41) is 13.8. The molecule has 32 heavy (non-hydrogen) atoms. The zero-order valence-corrected chi connectivity index (χ0v) is 19.6. The quantitative estimate of drug-likeness (QED) is 0.268. The summed E-state index contributed by atoms with van der Waals surface area (Å²) in [5.41, 5.74) is 4.21. The van der Waals surface area contributed by atoms with Crippen molar-refractivity contribution in [3.05, 3.63) is 53.1 Å². The molecule has 8 nitrogen and oxygen atoms in total. The van der Waals surface area contributed by atoms with E-state index in [2.05, 4.69) is 20.7 Å². The molecule has 0 saturated heterocycles. The standard InChI is InChI=1S/C22H24ClN5O3S/c1-4-28-21(16-7-9-17(23)10-8-16)26-27-22(28)32-14-20(29)25-24-13-15-6-11-18(31-5-2)19(12-15)30-3/h6-13H,4-5,14H2,1-3H3,(H,25,29)/b24-13+. The number of halogens is 1. The van der Waals surface area contributed by atoms with Gasteiger partial charge in [0.25, 0.3) is 5.91 Å². The maximum Gasteiger partial charge on any atom is 0.250 e. The average Bonchev–Trinajstić information content (AvgIpc) is 3.22. The Morgan fingerprint density at radius 1 is 1.19 bits per heavy atom. The lowest BCUT2D eigenvalue weighted by atomic mass is 10.2. The summed E-state index contributed by atoms with van der Waals surface area (Å²) in [5.74, 6) is 1.90. The van der Waals surface area contributed by atoms with Crippen molar-refractivity contribution >= 4 is 35.5 Å². The maximum atomic E-state index is 12.2. The van der Waals surface area contributed by atoms with Crippen LogP contribution in [-0.4, -0.2) is 46.4 Å². The Balaban J connectivity index is 1.58. The summed E-state index contributed by atoms with van der Waals surface area (Å²) in [6.45, 7) is 5.13. The highest BCUT2D eigenvalue weighted by Gasteiger charge is 2.14. The van der Waals surface area contributed by atoms with Gasteiger partial charge in [-0.2, -0.15) is 5.10 Å². The van der Waals surface area contributed by atoms with E-state index in [0.29, 0.717) is 34.8 Å². The summed E-state index contributed by atoms with van der Waals surface area (Å²) in [4.78, 5) is 12.2. The van der Waals surface area contributed by atoms with Crippen LogP contribution in [0.5, 0.6) is 11.5 Å². The van der Waals surface area contributed by atoms with Crippen molar-refractivity contribution in [2.45, 2.75) is 25.5 Å². The molecule has 0 bridgehead atoms. The van der Waals surface area contributed by atoms with Gasteiger partial charge in [0.2, 0.25) is 0 Å². The SMILES string of the molecule is CCOc1ccc(/C=N/NC(=O)CSc2nnc(-c3ccc(Cl)cc3)n2CC)cc1OC. The van der Waals surface area contributed by atoms with E-state index in [1.54, 1.807) is 25.5 Å². The van der Waals surface area contributed by atoms with E-state index in [9.17, 15) is 4.79 Å². The van der Waals surface area contributed by atoms with Gasteiger partial charge in [-0.25, -0.2) is 5.43 Å². The molecule has 10 heteroatoms. The molecule has 0 aliphatic carbocycles. The van der Waals surface area contributed by atoms with Crippen molar-refractivity contribution in [2.75, 3.05) is 19.5 Å². The number of hydrogen-bond donors (Lipinski definition) is 1. The largest absolute Gasteiger partial charge is 0.493 e. The average molecular weight is 474 g/mol. The Hall–Kier alpha value is -3.04. The van der Waals surface area contributed by atoms with E-state index in [1.807, 2.05) is 48.7 Å². The van der Waals surface area contributed by atoms with Gasteiger partial charge in [-0.3, -0.25) is 4.79 Å². The van der Waals surface area contributed by atoms with Crippen LogP contribution < -0.4 is 14.9 Å². The minimum atomic E-state index is -0.247. The number of benzene rings is 2.